The monoisotopic (exact) mass is 397 g/mol. The Morgan fingerprint density at radius 1 is 1.32 bits per heavy atom. The van der Waals surface area contributed by atoms with Crippen LogP contribution in [0.5, 0.6) is 0 Å². The lowest BCUT2D eigenvalue weighted by atomic mass is 10.1. The molecule has 2 aromatic heterocycles. The Labute approximate surface area is 167 Å². The average molecular weight is 398 g/mol. The van der Waals surface area contributed by atoms with Crippen molar-refractivity contribution < 1.29 is 9.90 Å². The Morgan fingerprint density at radius 2 is 2.14 bits per heavy atom. The molecule has 8 heteroatoms. The fraction of sp³-hybridized carbons (Fsp3) is 0.350. The van der Waals surface area contributed by atoms with Gasteiger partial charge in [-0.1, -0.05) is 30.3 Å². The second-order valence-electron chi connectivity index (χ2n) is 6.88. The first-order chi connectivity index (χ1) is 13.6. The molecule has 1 aromatic carbocycles. The molecule has 28 heavy (non-hydrogen) atoms. The molecule has 0 radical (unpaired) electrons. The summed E-state index contributed by atoms with van der Waals surface area (Å²) < 4.78 is 1.81. The van der Waals surface area contributed by atoms with Gasteiger partial charge in [-0.2, -0.15) is 5.10 Å². The summed E-state index contributed by atoms with van der Waals surface area (Å²) in [5.41, 5.74) is 4.82. The SMILES string of the molecule is Cn1nc(CO)c2c1CCN(C(=O)NCc1csc(Cc3ccccc3)n1)C2. The molecule has 0 unspecified atom stereocenters. The molecule has 0 saturated heterocycles. The molecule has 3 aromatic rings. The van der Waals surface area contributed by atoms with E-state index in [0.29, 0.717) is 25.3 Å². The van der Waals surface area contributed by atoms with Gasteiger partial charge in [-0.05, 0) is 5.56 Å². The van der Waals surface area contributed by atoms with E-state index in [9.17, 15) is 9.90 Å². The average Bonchev–Trinajstić information content (AvgIpc) is 3.30. The number of urea groups is 1. The van der Waals surface area contributed by atoms with Crippen LogP contribution in [0.25, 0.3) is 0 Å². The molecule has 0 fully saturated rings. The molecule has 2 amide bonds. The number of hydrogen-bond acceptors (Lipinski definition) is 5. The van der Waals surface area contributed by atoms with Gasteiger partial charge in [-0.3, -0.25) is 4.68 Å². The second kappa shape index (κ2) is 8.12. The van der Waals surface area contributed by atoms with Crippen LogP contribution in [0.15, 0.2) is 35.7 Å². The van der Waals surface area contributed by atoms with Gasteiger partial charge in [0.05, 0.1) is 36.1 Å². The molecule has 0 aliphatic carbocycles. The van der Waals surface area contributed by atoms with E-state index in [2.05, 4.69) is 27.5 Å². The molecule has 0 atom stereocenters. The number of aliphatic hydroxyl groups is 1. The molecular formula is C20H23N5O2S. The summed E-state index contributed by atoms with van der Waals surface area (Å²) >= 11 is 1.62. The lowest BCUT2D eigenvalue weighted by Gasteiger charge is -2.27. The zero-order valence-corrected chi connectivity index (χ0v) is 16.6. The summed E-state index contributed by atoms with van der Waals surface area (Å²) in [5, 5.41) is 19.8. The van der Waals surface area contributed by atoms with Crippen molar-refractivity contribution in [3.8, 4) is 0 Å². The molecule has 3 heterocycles. The van der Waals surface area contributed by atoms with Crippen molar-refractivity contribution >= 4 is 17.4 Å². The minimum atomic E-state index is -0.115. The predicted molar refractivity (Wildman–Crippen MR) is 107 cm³/mol. The molecule has 0 bridgehead atoms. The van der Waals surface area contributed by atoms with E-state index in [4.69, 9.17) is 0 Å². The third-order valence-electron chi connectivity index (χ3n) is 4.98. The molecule has 4 rings (SSSR count). The number of nitrogens with zero attached hydrogens (tertiary/aromatic N) is 4. The van der Waals surface area contributed by atoms with Crippen LogP contribution < -0.4 is 5.32 Å². The lowest BCUT2D eigenvalue weighted by Crippen LogP contribution is -2.42. The lowest BCUT2D eigenvalue weighted by molar-refractivity contribution is 0.190. The van der Waals surface area contributed by atoms with Gasteiger partial charge in [-0.15, -0.1) is 11.3 Å². The Balaban J connectivity index is 1.34. The Bertz CT molecular complexity index is 966. The minimum Gasteiger partial charge on any atom is -0.390 e. The molecule has 0 saturated carbocycles. The summed E-state index contributed by atoms with van der Waals surface area (Å²) in [4.78, 5) is 19.0. The van der Waals surface area contributed by atoms with Crippen LogP contribution in [0, 0.1) is 0 Å². The van der Waals surface area contributed by atoms with E-state index in [0.717, 1.165) is 34.8 Å². The van der Waals surface area contributed by atoms with Crippen molar-refractivity contribution in [2.45, 2.75) is 32.5 Å². The van der Waals surface area contributed by atoms with Crippen molar-refractivity contribution in [3.63, 3.8) is 0 Å². The summed E-state index contributed by atoms with van der Waals surface area (Å²) in [6.07, 6.45) is 1.55. The number of aryl methyl sites for hydroxylation is 1. The maximum Gasteiger partial charge on any atom is 0.318 e. The summed E-state index contributed by atoms with van der Waals surface area (Å²) in [6, 6.07) is 10.1. The van der Waals surface area contributed by atoms with Crippen molar-refractivity contribution in [1.82, 2.24) is 25.0 Å². The van der Waals surface area contributed by atoms with Crippen LogP contribution in [0.1, 0.15) is 33.2 Å². The Morgan fingerprint density at radius 3 is 2.93 bits per heavy atom. The van der Waals surface area contributed by atoms with Crippen LogP contribution in [0.2, 0.25) is 0 Å². The van der Waals surface area contributed by atoms with Gasteiger partial charge in [0.1, 0.15) is 0 Å². The molecule has 1 aliphatic heterocycles. The largest absolute Gasteiger partial charge is 0.390 e. The third kappa shape index (κ3) is 3.93. The van der Waals surface area contributed by atoms with Crippen molar-refractivity contribution in [3.05, 3.63) is 68.9 Å². The maximum absolute atomic E-state index is 12.6. The van der Waals surface area contributed by atoms with Gasteiger partial charge in [0.15, 0.2) is 0 Å². The van der Waals surface area contributed by atoms with E-state index >= 15 is 0 Å². The highest BCUT2D eigenvalue weighted by Gasteiger charge is 2.26. The second-order valence-corrected chi connectivity index (χ2v) is 7.82. The van der Waals surface area contributed by atoms with Crippen LogP contribution in [-0.4, -0.2) is 37.3 Å². The summed E-state index contributed by atoms with van der Waals surface area (Å²) in [5.74, 6) is 0. The number of rotatable bonds is 5. The Kier molecular flexibility index (Phi) is 5.40. The quantitative estimate of drug-likeness (QED) is 0.692. The number of benzene rings is 1. The summed E-state index contributed by atoms with van der Waals surface area (Å²) in [7, 11) is 1.88. The van der Waals surface area contributed by atoms with Gasteiger partial charge in [0.25, 0.3) is 0 Å². The number of fused-ring (bicyclic) bond motifs is 1. The van der Waals surface area contributed by atoms with E-state index in [1.54, 1.807) is 20.9 Å². The van der Waals surface area contributed by atoms with Gasteiger partial charge in [-0.25, -0.2) is 9.78 Å². The van der Waals surface area contributed by atoms with Crippen LogP contribution in [-0.2, 0) is 39.6 Å². The van der Waals surface area contributed by atoms with E-state index in [1.807, 2.05) is 30.6 Å². The predicted octanol–water partition coefficient (Wildman–Crippen LogP) is 2.23. The van der Waals surface area contributed by atoms with Gasteiger partial charge >= 0.3 is 6.03 Å². The number of carbonyl (C=O) groups is 1. The van der Waals surface area contributed by atoms with Crippen molar-refractivity contribution in [2.24, 2.45) is 7.05 Å². The molecule has 1 aliphatic rings. The smallest absolute Gasteiger partial charge is 0.318 e. The minimum absolute atomic E-state index is 0.109. The number of thiazole rings is 1. The Hall–Kier alpha value is -2.71. The van der Waals surface area contributed by atoms with Crippen LogP contribution in [0.3, 0.4) is 0 Å². The van der Waals surface area contributed by atoms with E-state index < -0.39 is 0 Å². The number of aromatic nitrogens is 3. The van der Waals surface area contributed by atoms with Crippen LogP contribution in [0.4, 0.5) is 4.79 Å². The highest BCUT2D eigenvalue weighted by atomic mass is 32.1. The highest BCUT2D eigenvalue weighted by molar-refractivity contribution is 7.09. The fourth-order valence-corrected chi connectivity index (χ4v) is 4.36. The van der Waals surface area contributed by atoms with Gasteiger partial charge in [0.2, 0.25) is 0 Å². The first-order valence-corrected chi connectivity index (χ1v) is 10.2. The number of nitrogens with one attached hydrogen (secondary N) is 1. The van der Waals surface area contributed by atoms with Gasteiger partial charge < -0.3 is 15.3 Å². The maximum atomic E-state index is 12.6. The van der Waals surface area contributed by atoms with Crippen LogP contribution >= 0.6 is 11.3 Å². The fourth-order valence-electron chi connectivity index (χ4n) is 3.53. The number of aliphatic hydroxyl groups excluding tert-OH is 1. The molecule has 7 nitrogen and oxygen atoms in total. The van der Waals surface area contributed by atoms with E-state index in [1.165, 1.54) is 5.56 Å². The highest BCUT2D eigenvalue weighted by Crippen LogP contribution is 2.22. The standard InChI is InChI=1S/C20H23N5O2S/c1-24-18-7-8-25(11-16(18)17(12-26)23-24)20(27)21-10-15-13-28-19(22-15)9-14-5-3-2-4-6-14/h2-6,13,26H,7-12H2,1H3,(H,21,27). The molecule has 0 spiro atoms. The zero-order valence-electron chi connectivity index (χ0n) is 15.8. The number of carbonyl (C=O) groups excluding carboxylic acids is 1. The molecular weight excluding hydrogens is 374 g/mol. The number of hydrogen-bond donors (Lipinski definition) is 2. The first-order valence-electron chi connectivity index (χ1n) is 9.28. The zero-order chi connectivity index (χ0) is 19.5. The topological polar surface area (TPSA) is 83.3 Å². The molecule has 2 N–H and O–H groups in total. The van der Waals surface area contributed by atoms with Gasteiger partial charge in [0, 0.05) is 43.1 Å². The third-order valence-corrected chi connectivity index (χ3v) is 5.88. The normalized spacial score (nSPS) is 13.4. The first kappa shape index (κ1) is 18.6. The number of amides is 2. The van der Waals surface area contributed by atoms with E-state index in [-0.39, 0.29) is 12.6 Å². The summed E-state index contributed by atoms with van der Waals surface area (Å²) in [6.45, 7) is 1.41. The molecule has 146 valence electrons. The van der Waals surface area contributed by atoms with Crippen molar-refractivity contribution in [1.29, 1.82) is 0 Å². The van der Waals surface area contributed by atoms with Crippen molar-refractivity contribution in [2.75, 3.05) is 6.54 Å².